The number of carboxylic acids is 1. The van der Waals surface area contributed by atoms with Crippen molar-refractivity contribution >= 4 is 13.9 Å². The number of hydroxylamine groups is 2. The van der Waals surface area contributed by atoms with Crippen LogP contribution in [0.25, 0.3) is 0 Å². The van der Waals surface area contributed by atoms with Gasteiger partial charge in [-0.3, -0.25) is 0 Å². The summed E-state index contributed by atoms with van der Waals surface area (Å²) in [6.07, 6.45) is -1.12. The molecule has 0 fully saturated rings. The molecule has 140 valence electrons. The molecule has 0 aliphatic carbocycles. The fourth-order valence-corrected chi connectivity index (χ4v) is 2.59. The molecule has 0 saturated heterocycles. The molecule has 0 rings (SSSR count). The summed E-state index contributed by atoms with van der Waals surface area (Å²) in [4.78, 5) is 17.0. The van der Waals surface area contributed by atoms with Gasteiger partial charge in [0.05, 0.1) is 0 Å². The first-order valence-corrected chi connectivity index (χ1v) is 8.78. The third kappa shape index (κ3) is 5.41. The Kier molecular flexibility index (Phi) is 8.88. The molecule has 0 aromatic heterocycles. The third-order valence-corrected chi connectivity index (χ3v) is 3.93. The summed E-state index contributed by atoms with van der Waals surface area (Å²) >= 11 is 0. The fraction of sp³-hybridized carbons (Fsp3) is 0.875. The molecule has 0 aromatic rings. The number of aliphatic carboxylic acids is 1. The Morgan fingerprint density at radius 2 is 1.62 bits per heavy atom. The molecule has 0 heterocycles. The van der Waals surface area contributed by atoms with Crippen LogP contribution in [-0.4, -0.2) is 46.9 Å². The van der Waals surface area contributed by atoms with Gasteiger partial charge in [0.2, 0.25) is 0 Å². The number of carbonyl (C=O) groups is 1. The third-order valence-electron chi connectivity index (χ3n) is 3.28. The van der Waals surface area contributed by atoms with E-state index in [9.17, 15) is 14.5 Å². The summed E-state index contributed by atoms with van der Waals surface area (Å²) in [6, 6.07) is 0. The summed E-state index contributed by atoms with van der Waals surface area (Å²) in [5, 5.41) is 10.6. The second-order valence-electron chi connectivity index (χ2n) is 6.83. The van der Waals surface area contributed by atoms with E-state index >= 15 is 0 Å². The van der Waals surface area contributed by atoms with Crippen molar-refractivity contribution in [2.24, 2.45) is 5.41 Å². The normalized spacial score (nSPS) is 14.4. The molecular weight excluding hydrogens is 333 g/mol. The minimum atomic E-state index is -1.50. The molecule has 0 bridgehead atoms. The van der Waals surface area contributed by atoms with Crippen LogP contribution in [-0.2, 0) is 23.7 Å². The Morgan fingerprint density at radius 1 is 1.17 bits per heavy atom. The van der Waals surface area contributed by atoms with Crippen molar-refractivity contribution in [3.8, 4) is 5.63 Å². The average molecular weight is 363 g/mol. The SMILES string of the molecule is CCOC(OCC)(N(OC(C)C(=O)O)C(C)(C)C)C(C)(C)C#P=O. The van der Waals surface area contributed by atoms with E-state index in [2.05, 4.69) is 5.63 Å². The van der Waals surface area contributed by atoms with Gasteiger partial charge >= 0.3 is 145 Å². The van der Waals surface area contributed by atoms with E-state index in [4.69, 9.17) is 14.3 Å². The molecule has 0 aliphatic heterocycles. The molecule has 0 spiro atoms. The van der Waals surface area contributed by atoms with E-state index in [0.717, 1.165) is 0 Å². The Bertz CT molecular complexity index is 516. The van der Waals surface area contributed by atoms with Crippen LogP contribution in [0.2, 0.25) is 0 Å². The zero-order valence-corrected chi connectivity index (χ0v) is 16.8. The molecule has 0 saturated carbocycles. The van der Waals surface area contributed by atoms with Crippen LogP contribution in [0.1, 0.15) is 55.4 Å². The predicted molar refractivity (Wildman–Crippen MR) is 91.0 cm³/mol. The van der Waals surface area contributed by atoms with Gasteiger partial charge in [0.25, 0.3) is 0 Å². The summed E-state index contributed by atoms with van der Waals surface area (Å²) in [6.45, 7) is 14.6. The molecule has 0 aromatic carbocycles. The van der Waals surface area contributed by atoms with E-state index in [1.54, 1.807) is 27.7 Å². The van der Waals surface area contributed by atoms with Gasteiger partial charge in [-0.25, -0.2) is 0 Å². The van der Waals surface area contributed by atoms with Crippen molar-refractivity contribution < 1.29 is 28.8 Å². The van der Waals surface area contributed by atoms with Crippen LogP contribution in [0.4, 0.5) is 0 Å². The molecule has 24 heavy (non-hydrogen) atoms. The number of hydrogen-bond acceptors (Lipinski definition) is 6. The van der Waals surface area contributed by atoms with Gasteiger partial charge in [0, 0.05) is 0 Å². The van der Waals surface area contributed by atoms with E-state index < -0.39 is 28.9 Å². The van der Waals surface area contributed by atoms with E-state index in [-0.39, 0.29) is 21.1 Å². The van der Waals surface area contributed by atoms with Crippen LogP contribution in [0.3, 0.4) is 0 Å². The van der Waals surface area contributed by atoms with Gasteiger partial charge in [-0.2, -0.15) is 0 Å². The van der Waals surface area contributed by atoms with Gasteiger partial charge in [-0.15, -0.1) is 0 Å². The second-order valence-corrected chi connectivity index (χ2v) is 7.23. The molecule has 0 aliphatic rings. The standard InChI is InChI=1S/C16H30NO6P/c1-9-21-16(22-10-2,15(7,8)11-24-20)17(14(4,5)6)23-12(3)13(18)19/h12H,9-10H2,1-8H3,(H,18,19). The summed E-state index contributed by atoms with van der Waals surface area (Å²) < 4.78 is 23.1. The van der Waals surface area contributed by atoms with Crippen molar-refractivity contribution in [2.45, 2.75) is 72.9 Å². The fourth-order valence-electron chi connectivity index (χ4n) is 2.22. The van der Waals surface area contributed by atoms with E-state index in [0.29, 0.717) is 0 Å². The molecule has 0 radical (unpaired) electrons. The van der Waals surface area contributed by atoms with Crippen LogP contribution in [0, 0.1) is 11.0 Å². The quantitative estimate of drug-likeness (QED) is 0.381. The van der Waals surface area contributed by atoms with Crippen LogP contribution in [0.15, 0.2) is 0 Å². The first-order chi connectivity index (χ1) is 10.9. The number of ether oxygens (including phenoxy) is 2. The van der Waals surface area contributed by atoms with E-state index in [1.165, 1.54) is 12.0 Å². The zero-order valence-electron chi connectivity index (χ0n) is 15.9. The summed E-state index contributed by atoms with van der Waals surface area (Å²) in [5.41, 5.74) is 1.12. The van der Waals surface area contributed by atoms with Gasteiger partial charge < -0.3 is 0 Å². The summed E-state index contributed by atoms with van der Waals surface area (Å²) in [7, 11) is -0.309. The van der Waals surface area contributed by atoms with Crippen molar-refractivity contribution in [1.29, 1.82) is 0 Å². The van der Waals surface area contributed by atoms with Crippen molar-refractivity contribution in [3.05, 3.63) is 0 Å². The monoisotopic (exact) mass is 363 g/mol. The predicted octanol–water partition coefficient (Wildman–Crippen LogP) is 3.50. The molecule has 8 heteroatoms. The maximum absolute atomic E-state index is 11.3. The number of nitrogens with zero attached hydrogens (tertiary/aromatic N) is 1. The Morgan fingerprint density at radius 3 is 1.92 bits per heavy atom. The second kappa shape index (κ2) is 9.14. The van der Waals surface area contributed by atoms with Gasteiger partial charge in [-0.05, 0) is 0 Å². The molecule has 7 nitrogen and oxygen atoms in total. The summed E-state index contributed by atoms with van der Waals surface area (Å²) in [5.74, 6) is -2.62. The number of carboxylic acid groups (broad SMARTS) is 1. The topological polar surface area (TPSA) is 85.3 Å². The molecule has 1 unspecified atom stereocenters. The van der Waals surface area contributed by atoms with Crippen molar-refractivity contribution in [1.82, 2.24) is 5.06 Å². The Labute approximate surface area is 145 Å². The first kappa shape index (κ1) is 23.3. The van der Waals surface area contributed by atoms with Crippen molar-refractivity contribution in [3.63, 3.8) is 0 Å². The van der Waals surface area contributed by atoms with Gasteiger partial charge in [0.1, 0.15) is 0 Å². The molecule has 0 amide bonds. The zero-order chi connectivity index (χ0) is 19.2. The van der Waals surface area contributed by atoms with Crippen LogP contribution < -0.4 is 0 Å². The van der Waals surface area contributed by atoms with Gasteiger partial charge in [0.15, 0.2) is 0 Å². The molecular formula is C16H30NO6P. The van der Waals surface area contributed by atoms with Crippen molar-refractivity contribution in [2.75, 3.05) is 13.2 Å². The van der Waals surface area contributed by atoms with Crippen LogP contribution in [0.5, 0.6) is 0 Å². The Hall–Kier alpha value is -0.680. The maximum atomic E-state index is 11.3. The van der Waals surface area contributed by atoms with E-state index in [1.807, 2.05) is 20.8 Å². The Balaban J connectivity index is 6.38. The molecule has 1 atom stereocenters. The minimum absolute atomic E-state index is 0.276. The molecule has 1 N–H and O–H groups in total. The number of hydrogen-bond donors (Lipinski definition) is 1. The first-order valence-electron chi connectivity index (χ1n) is 7.97. The van der Waals surface area contributed by atoms with Gasteiger partial charge in [-0.1, -0.05) is 0 Å². The number of rotatable bonds is 9. The van der Waals surface area contributed by atoms with Crippen LogP contribution >= 0.6 is 7.92 Å². The average Bonchev–Trinajstić information content (AvgIpc) is 2.42.